The van der Waals surface area contributed by atoms with Crippen molar-refractivity contribution < 1.29 is 23.7 Å². The van der Waals surface area contributed by atoms with Gasteiger partial charge in [0.2, 0.25) is 0 Å². The zero-order valence-electron chi connectivity index (χ0n) is 13.8. The van der Waals surface area contributed by atoms with Crippen LogP contribution in [0.1, 0.15) is 16.9 Å². The second kappa shape index (κ2) is 6.28. The van der Waals surface area contributed by atoms with E-state index in [-0.39, 0.29) is 11.3 Å². The number of aryl methyl sites for hydroxylation is 2. The topological polar surface area (TPSA) is 123 Å². The minimum Gasteiger partial charge on any atom is -0.401 e. The molecule has 0 bridgehead atoms. The number of imide groups is 2. The number of hydrogen-bond acceptors (Lipinski definition) is 6. The first kappa shape index (κ1) is 17.1. The Hall–Kier alpha value is -3.75. The van der Waals surface area contributed by atoms with Crippen LogP contribution in [-0.4, -0.2) is 22.8 Å². The fourth-order valence-corrected chi connectivity index (χ4v) is 2.63. The van der Waals surface area contributed by atoms with E-state index in [2.05, 4.69) is 5.32 Å². The molecule has 2 aromatic rings. The molecule has 0 unspecified atom stereocenters. The molecule has 0 spiro atoms. The second-order valence-corrected chi connectivity index (χ2v) is 5.74. The monoisotopic (exact) mass is 355 g/mol. The average Bonchev–Trinajstić information content (AvgIpc) is 2.99. The molecule has 1 N–H and O–H groups in total. The van der Waals surface area contributed by atoms with E-state index in [0.717, 1.165) is 28.2 Å². The van der Waals surface area contributed by atoms with Crippen molar-refractivity contribution in [3.05, 3.63) is 62.9 Å². The third-order valence-electron chi connectivity index (χ3n) is 3.65. The van der Waals surface area contributed by atoms with Gasteiger partial charge < -0.3 is 4.42 Å². The molecule has 1 saturated heterocycles. The average molecular weight is 355 g/mol. The quantitative estimate of drug-likeness (QED) is 0.390. The summed E-state index contributed by atoms with van der Waals surface area (Å²) in [4.78, 5) is 47.7. The number of amides is 4. The number of carbonyl (C=O) groups excluding carboxylic acids is 3. The SMILES string of the molecule is Cc1cc(C)cc(N2C(=O)NC(=O)/C(=C/c3ccc([N+](=O)[O-])o3)C2=O)c1. The van der Waals surface area contributed by atoms with Gasteiger partial charge >= 0.3 is 11.9 Å². The van der Waals surface area contributed by atoms with Crippen LogP contribution in [0, 0.1) is 24.0 Å². The largest absolute Gasteiger partial charge is 0.433 e. The van der Waals surface area contributed by atoms with Crippen molar-refractivity contribution in [2.45, 2.75) is 13.8 Å². The number of anilines is 1. The maximum atomic E-state index is 12.7. The van der Waals surface area contributed by atoms with Gasteiger partial charge in [-0.05, 0) is 49.2 Å². The van der Waals surface area contributed by atoms with Crippen LogP contribution in [0.3, 0.4) is 0 Å². The Morgan fingerprint density at radius 3 is 2.35 bits per heavy atom. The zero-order valence-corrected chi connectivity index (χ0v) is 13.8. The number of benzene rings is 1. The van der Waals surface area contributed by atoms with Crippen LogP contribution in [0.2, 0.25) is 0 Å². The van der Waals surface area contributed by atoms with E-state index in [9.17, 15) is 24.5 Å². The first-order valence-electron chi connectivity index (χ1n) is 7.50. The summed E-state index contributed by atoms with van der Waals surface area (Å²) in [6, 6.07) is 6.63. The van der Waals surface area contributed by atoms with Crippen LogP contribution in [0.4, 0.5) is 16.4 Å². The van der Waals surface area contributed by atoms with E-state index in [1.807, 2.05) is 19.9 Å². The van der Waals surface area contributed by atoms with Crippen LogP contribution in [-0.2, 0) is 9.59 Å². The maximum absolute atomic E-state index is 12.7. The number of nitro groups is 1. The van der Waals surface area contributed by atoms with E-state index in [1.54, 1.807) is 12.1 Å². The van der Waals surface area contributed by atoms with Crippen molar-refractivity contribution >= 4 is 35.5 Å². The highest BCUT2D eigenvalue weighted by molar-refractivity contribution is 6.39. The number of barbiturate groups is 1. The van der Waals surface area contributed by atoms with E-state index >= 15 is 0 Å². The summed E-state index contributed by atoms with van der Waals surface area (Å²) in [5, 5.41) is 12.8. The number of furan rings is 1. The van der Waals surface area contributed by atoms with Crippen molar-refractivity contribution in [3.8, 4) is 0 Å². The van der Waals surface area contributed by atoms with E-state index < -0.39 is 28.7 Å². The summed E-state index contributed by atoms with van der Waals surface area (Å²) in [7, 11) is 0. The first-order valence-corrected chi connectivity index (χ1v) is 7.50. The van der Waals surface area contributed by atoms with Gasteiger partial charge in [-0.25, -0.2) is 9.69 Å². The zero-order chi connectivity index (χ0) is 19.0. The summed E-state index contributed by atoms with van der Waals surface area (Å²) >= 11 is 0. The van der Waals surface area contributed by atoms with E-state index in [0.29, 0.717) is 5.69 Å². The van der Waals surface area contributed by atoms with Gasteiger partial charge in [-0.2, -0.15) is 0 Å². The van der Waals surface area contributed by atoms with Crippen LogP contribution >= 0.6 is 0 Å². The molecule has 1 aliphatic rings. The molecule has 1 aromatic heterocycles. The Morgan fingerprint density at radius 2 is 1.77 bits per heavy atom. The van der Waals surface area contributed by atoms with Gasteiger partial charge in [-0.15, -0.1) is 0 Å². The molecular weight excluding hydrogens is 342 g/mol. The van der Waals surface area contributed by atoms with Gasteiger partial charge in [0, 0.05) is 0 Å². The Bertz CT molecular complexity index is 968. The third-order valence-corrected chi connectivity index (χ3v) is 3.65. The molecule has 1 fully saturated rings. The number of carbonyl (C=O) groups is 3. The summed E-state index contributed by atoms with van der Waals surface area (Å²) < 4.78 is 4.94. The normalized spacial score (nSPS) is 16.2. The fourth-order valence-electron chi connectivity index (χ4n) is 2.63. The predicted molar refractivity (Wildman–Crippen MR) is 90.3 cm³/mol. The smallest absolute Gasteiger partial charge is 0.401 e. The van der Waals surface area contributed by atoms with Crippen molar-refractivity contribution in [2.75, 3.05) is 4.90 Å². The van der Waals surface area contributed by atoms with Gasteiger partial charge in [0.15, 0.2) is 0 Å². The lowest BCUT2D eigenvalue weighted by atomic mass is 10.1. The van der Waals surface area contributed by atoms with Crippen molar-refractivity contribution in [1.29, 1.82) is 0 Å². The van der Waals surface area contributed by atoms with Crippen LogP contribution in [0.25, 0.3) is 6.08 Å². The fraction of sp³-hybridized carbons (Fsp3) is 0.118. The third kappa shape index (κ3) is 3.09. The molecule has 3 rings (SSSR count). The van der Waals surface area contributed by atoms with E-state index in [1.165, 1.54) is 6.07 Å². The van der Waals surface area contributed by atoms with Crippen LogP contribution in [0.5, 0.6) is 0 Å². The van der Waals surface area contributed by atoms with Crippen molar-refractivity contribution in [3.63, 3.8) is 0 Å². The van der Waals surface area contributed by atoms with Gasteiger partial charge in [0.1, 0.15) is 16.3 Å². The summed E-state index contributed by atoms with van der Waals surface area (Å²) in [5.41, 5.74) is 1.62. The van der Waals surface area contributed by atoms with Gasteiger partial charge in [0.25, 0.3) is 11.8 Å². The first-order chi connectivity index (χ1) is 12.3. The Balaban J connectivity index is 2.02. The predicted octanol–water partition coefficient (Wildman–Crippen LogP) is 2.47. The highest BCUT2D eigenvalue weighted by atomic mass is 16.6. The van der Waals surface area contributed by atoms with Crippen LogP contribution in [0.15, 0.2) is 40.3 Å². The number of rotatable bonds is 3. The van der Waals surface area contributed by atoms with Crippen molar-refractivity contribution in [1.82, 2.24) is 5.32 Å². The molecule has 4 amide bonds. The number of nitrogens with one attached hydrogen (secondary N) is 1. The molecule has 0 saturated carbocycles. The molecule has 1 aromatic carbocycles. The second-order valence-electron chi connectivity index (χ2n) is 5.74. The van der Waals surface area contributed by atoms with E-state index in [4.69, 9.17) is 4.42 Å². The molecule has 132 valence electrons. The molecule has 0 atom stereocenters. The molecule has 1 aliphatic heterocycles. The molecule has 9 heteroatoms. The lowest BCUT2D eigenvalue weighted by molar-refractivity contribution is -0.402. The molecular formula is C17H13N3O6. The minimum absolute atomic E-state index is 0.0510. The Kier molecular flexibility index (Phi) is 4.13. The maximum Gasteiger partial charge on any atom is 0.433 e. The molecule has 9 nitrogen and oxygen atoms in total. The summed E-state index contributed by atoms with van der Waals surface area (Å²) in [6.07, 6.45) is 1.06. The minimum atomic E-state index is -0.903. The number of hydrogen-bond donors (Lipinski definition) is 1. The van der Waals surface area contributed by atoms with Gasteiger partial charge in [-0.1, -0.05) is 6.07 Å². The lowest BCUT2D eigenvalue weighted by Crippen LogP contribution is -2.54. The Labute approximate surface area is 147 Å². The number of nitrogens with zero attached hydrogens (tertiary/aromatic N) is 2. The standard InChI is InChI=1S/C17H13N3O6/c1-9-5-10(2)7-11(6-9)19-16(22)13(15(21)18-17(19)23)8-12-3-4-14(26-12)20(24)25/h3-8H,1-2H3,(H,18,21,23)/b13-8-. The van der Waals surface area contributed by atoms with Crippen molar-refractivity contribution in [2.24, 2.45) is 0 Å². The van der Waals surface area contributed by atoms with Gasteiger partial charge in [0.05, 0.1) is 11.8 Å². The summed E-state index contributed by atoms with van der Waals surface area (Å²) in [6.45, 7) is 3.62. The highest BCUT2D eigenvalue weighted by Crippen LogP contribution is 2.25. The Morgan fingerprint density at radius 1 is 1.12 bits per heavy atom. The van der Waals surface area contributed by atoms with Crippen LogP contribution < -0.4 is 10.2 Å². The summed E-state index contributed by atoms with van der Waals surface area (Å²) in [5.74, 6) is -2.32. The number of urea groups is 1. The molecule has 26 heavy (non-hydrogen) atoms. The molecule has 0 aliphatic carbocycles. The van der Waals surface area contributed by atoms with Gasteiger partial charge in [-0.3, -0.25) is 25.0 Å². The highest BCUT2D eigenvalue weighted by Gasteiger charge is 2.37. The molecule has 0 radical (unpaired) electrons. The lowest BCUT2D eigenvalue weighted by Gasteiger charge is -2.26. The molecule has 2 heterocycles.